The smallest absolute Gasteiger partial charge is 0.324 e. The van der Waals surface area contributed by atoms with Gasteiger partial charge in [-0.1, -0.05) is 12.1 Å². The van der Waals surface area contributed by atoms with Gasteiger partial charge in [0.25, 0.3) is 5.69 Å². The van der Waals surface area contributed by atoms with Crippen LogP contribution in [-0.4, -0.2) is 26.1 Å². The molecule has 162 valence electrons. The van der Waals surface area contributed by atoms with E-state index in [1.165, 1.54) is 10.8 Å². The molecule has 2 N–H and O–H groups in total. The number of hydrogen-bond donors (Lipinski definition) is 2. The Kier molecular flexibility index (Phi) is 6.20. The monoisotopic (exact) mass is 452 g/mol. The van der Waals surface area contributed by atoms with Crippen molar-refractivity contribution in [1.82, 2.24) is 9.55 Å². The minimum Gasteiger partial charge on any atom is -0.324 e. The number of nitro groups is 1. The van der Waals surface area contributed by atoms with Crippen molar-refractivity contribution < 1.29 is 22.9 Å². The molecule has 0 aliphatic heterocycles. The number of anilines is 1. The fourth-order valence-corrected chi connectivity index (χ4v) is 3.62. The molecule has 0 atom stereocenters. The summed E-state index contributed by atoms with van der Waals surface area (Å²) in [5.41, 5.74) is -0.905. The maximum atomic E-state index is 12.8. The standard InChI is InChI=1S/C19H15F3N4O4S/c1-11-9-23-18(28)25(11)14-5-3-2-4-13(14)24-17(27)10-31-16-7-6-12(19(20,21)22)8-15(16)26(29)30/h2-9H,10H2,1H3,(H,23,28)(H,24,27). The van der Waals surface area contributed by atoms with Gasteiger partial charge >= 0.3 is 11.9 Å². The number of rotatable bonds is 6. The molecule has 0 aliphatic rings. The molecule has 8 nitrogen and oxygen atoms in total. The number of aryl methyl sites for hydroxylation is 1. The van der Waals surface area contributed by atoms with E-state index in [2.05, 4.69) is 10.3 Å². The van der Waals surface area contributed by atoms with E-state index in [-0.39, 0.29) is 10.6 Å². The first kappa shape index (κ1) is 22.2. The first-order valence-electron chi connectivity index (χ1n) is 8.72. The van der Waals surface area contributed by atoms with Gasteiger partial charge in [-0.25, -0.2) is 4.79 Å². The van der Waals surface area contributed by atoms with Gasteiger partial charge in [0, 0.05) is 18.0 Å². The average Bonchev–Trinajstić information content (AvgIpc) is 3.04. The Bertz CT molecular complexity index is 1200. The number of imidazole rings is 1. The van der Waals surface area contributed by atoms with Crippen LogP contribution in [0.15, 0.2) is 58.4 Å². The van der Waals surface area contributed by atoms with Gasteiger partial charge in [0.1, 0.15) is 0 Å². The number of aromatic nitrogens is 2. The third-order valence-corrected chi connectivity index (χ3v) is 5.28. The van der Waals surface area contributed by atoms with Crippen LogP contribution in [0.2, 0.25) is 0 Å². The van der Waals surface area contributed by atoms with Gasteiger partial charge in [-0.3, -0.25) is 19.5 Å². The van der Waals surface area contributed by atoms with E-state index in [4.69, 9.17) is 0 Å². The van der Waals surface area contributed by atoms with Crippen LogP contribution in [0.3, 0.4) is 0 Å². The van der Waals surface area contributed by atoms with E-state index < -0.39 is 33.9 Å². The molecule has 0 saturated carbocycles. The van der Waals surface area contributed by atoms with Crippen molar-refractivity contribution >= 4 is 29.0 Å². The quantitative estimate of drug-likeness (QED) is 0.332. The van der Waals surface area contributed by atoms with Crippen LogP contribution in [0, 0.1) is 17.0 Å². The largest absolute Gasteiger partial charge is 0.416 e. The predicted octanol–water partition coefficient (Wildman–Crippen LogP) is 4.13. The number of nitrogens with one attached hydrogen (secondary N) is 2. The normalized spacial score (nSPS) is 11.4. The highest BCUT2D eigenvalue weighted by Crippen LogP contribution is 2.36. The number of benzene rings is 2. The molecule has 3 rings (SSSR count). The van der Waals surface area contributed by atoms with E-state index in [1.54, 1.807) is 31.2 Å². The Morgan fingerprint density at radius 2 is 1.97 bits per heavy atom. The second-order valence-electron chi connectivity index (χ2n) is 6.36. The van der Waals surface area contributed by atoms with Gasteiger partial charge in [-0.2, -0.15) is 13.2 Å². The Balaban J connectivity index is 1.78. The summed E-state index contributed by atoms with van der Waals surface area (Å²) in [5.74, 6) is -0.838. The molecule has 2 aromatic carbocycles. The summed E-state index contributed by atoms with van der Waals surface area (Å²) in [6.45, 7) is 1.70. The Labute approximate surface area is 177 Å². The van der Waals surface area contributed by atoms with Crippen molar-refractivity contribution in [2.75, 3.05) is 11.1 Å². The van der Waals surface area contributed by atoms with E-state index in [0.29, 0.717) is 23.1 Å². The minimum atomic E-state index is -4.72. The second-order valence-corrected chi connectivity index (χ2v) is 7.38. The van der Waals surface area contributed by atoms with Crippen molar-refractivity contribution in [3.63, 3.8) is 0 Å². The summed E-state index contributed by atoms with van der Waals surface area (Å²) >= 11 is 0.736. The van der Waals surface area contributed by atoms with Crippen LogP contribution in [0.4, 0.5) is 24.5 Å². The van der Waals surface area contributed by atoms with Crippen LogP contribution in [0.5, 0.6) is 0 Å². The number of aromatic amines is 1. The minimum absolute atomic E-state index is 0.0702. The average molecular weight is 452 g/mol. The zero-order valence-corrected chi connectivity index (χ0v) is 16.7. The number of carbonyl (C=O) groups is 1. The number of hydrogen-bond acceptors (Lipinski definition) is 5. The number of para-hydroxylation sites is 2. The zero-order chi connectivity index (χ0) is 22.8. The molecule has 1 amide bonds. The van der Waals surface area contributed by atoms with Gasteiger partial charge in [-0.15, -0.1) is 11.8 Å². The molecule has 0 unspecified atom stereocenters. The second kappa shape index (κ2) is 8.68. The summed E-state index contributed by atoms with van der Waals surface area (Å²) in [4.78, 5) is 37.2. The van der Waals surface area contributed by atoms with E-state index >= 15 is 0 Å². The van der Waals surface area contributed by atoms with Gasteiger partial charge in [-0.05, 0) is 31.2 Å². The van der Waals surface area contributed by atoms with Gasteiger partial charge in [0.2, 0.25) is 5.91 Å². The predicted molar refractivity (Wildman–Crippen MR) is 109 cm³/mol. The molecule has 0 aliphatic carbocycles. The highest BCUT2D eigenvalue weighted by atomic mass is 32.2. The number of H-pyrrole nitrogens is 1. The lowest BCUT2D eigenvalue weighted by Gasteiger charge is -2.12. The number of amides is 1. The molecule has 1 heterocycles. The first-order chi connectivity index (χ1) is 14.6. The molecule has 0 saturated heterocycles. The lowest BCUT2D eigenvalue weighted by molar-refractivity contribution is -0.388. The summed E-state index contributed by atoms with van der Waals surface area (Å²) in [7, 11) is 0. The van der Waals surface area contributed by atoms with Crippen molar-refractivity contribution in [3.8, 4) is 5.69 Å². The SMILES string of the molecule is Cc1c[nH]c(=O)n1-c1ccccc1NC(=O)CSc1ccc(C(F)(F)F)cc1[N+](=O)[O-]. The molecule has 12 heteroatoms. The van der Waals surface area contributed by atoms with Gasteiger partial charge < -0.3 is 10.3 Å². The Morgan fingerprint density at radius 1 is 1.26 bits per heavy atom. The Hall–Kier alpha value is -3.54. The van der Waals surface area contributed by atoms with Crippen molar-refractivity contribution in [2.45, 2.75) is 18.0 Å². The lowest BCUT2D eigenvalue weighted by Crippen LogP contribution is -2.20. The number of carbonyl (C=O) groups excluding carboxylic acids is 1. The lowest BCUT2D eigenvalue weighted by atomic mass is 10.2. The number of nitrogens with zero attached hydrogens (tertiary/aromatic N) is 2. The summed E-state index contributed by atoms with van der Waals surface area (Å²) in [5, 5.41) is 13.8. The highest BCUT2D eigenvalue weighted by Gasteiger charge is 2.33. The maximum absolute atomic E-state index is 12.8. The number of nitro benzene ring substituents is 1. The van der Waals surface area contributed by atoms with Crippen LogP contribution in [0.1, 0.15) is 11.3 Å². The van der Waals surface area contributed by atoms with Gasteiger partial charge in [0.15, 0.2) is 0 Å². The number of thioether (sulfide) groups is 1. The molecule has 3 aromatic rings. The molecular weight excluding hydrogens is 437 g/mol. The Morgan fingerprint density at radius 3 is 2.58 bits per heavy atom. The van der Waals surface area contributed by atoms with E-state index in [1.807, 2.05) is 0 Å². The molecule has 0 radical (unpaired) electrons. The summed E-state index contributed by atoms with van der Waals surface area (Å²) in [6, 6.07) is 8.68. The van der Waals surface area contributed by atoms with Gasteiger partial charge in [0.05, 0.1) is 32.5 Å². The topological polar surface area (TPSA) is 110 Å². The number of alkyl halides is 3. The van der Waals surface area contributed by atoms with Crippen molar-refractivity contribution in [3.05, 3.63) is 80.5 Å². The fraction of sp³-hybridized carbons (Fsp3) is 0.158. The van der Waals surface area contributed by atoms with Crippen LogP contribution in [0.25, 0.3) is 5.69 Å². The van der Waals surface area contributed by atoms with Crippen molar-refractivity contribution in [2.24, 2.45) is 0 Å². The molecule has 31 heavy (non-hydrogen) atoms. The van der Waals surface area contributed by atoms with Crippen LogP contribution < -0.4 is 11.0 Å². The van der Waals surface area contributed by atoms with E-state index in [9.17, 15) is 32.9 Å². The van der Waals surface area contributed by atoms with Crippen LogP contribution in [-0.2, 0) is 11.0 Å². The molecule has 0 spiro atoms. The molecule has 1 aromatic heterocycles. The number of halogens is 3. The highest BCUT2D eigenvalue weighted by molar-refractivity contribution is 8.00. The maximum Gasteiger partial charge on any atom is 0.416 e. The molecule has 0 fully saturated rings. The zero-order valence-electron chi connectivity index (χ0n) is 15.9. The summed E-state index contributed by atoms with van der Waals surface area (Å²) < 4.78 is 39.8. The summed E-state index contributed by atoms with van der Waals surface area (Å²) in [6.07, 6.45) is -3.20. The first-order valence-corrected chi connectivity index (χ1v) is 9.71. The van der Waals surface area contributed by atoms with Crippen molar-refractivity contribution in [1.29, 1.82) is 0 Å². The molecular formula is C19H15F3N4O4S. The van der Waals surface area contributed by atoms with Crippen LogP contribution >= 0.6 is 11.8 Å². The molecule has 0 bridgehead atoms. The van der Waals surface area contributed by atoms with E-state index in [0.717, 1.165) is 23.9 Å². The third kappa shape index (κ3) is 4.97. The third-order valence-electron chi connectivity index (χ3n) is 4.22. The fourth-order valence-electron chi connectivity index (χ4n) is 2.82.